The lowest BCUT2D eigenvalue weighted by molar-refractivity contribution is -0.116. The third-order valence-corrected chi connectivity index (χ3v) is 3.49. The Hall–Kier alpha value is -1.92. The molecule has 0 aliphatic heterocycles. The summed E-state index contributed by atoms with van der Waals surface area (Å²) in [5.41, 5.74) is 1.72. The Bertz CT molecular complexity index is 583. The molecule has 0 fully saturated rings. The summed E-state index contributed by atoms with van der Waals surface area (Å²) in [6.07, 6.45) is 0.431. The largest absolute Gasteiger partial charge is 0.496 e. The Morgan fingerprint density at radius 1 is 1.40 bits per heavy atom. The molecular weight excluding hydrogens is 274 g/mol. The van der Waals surface area contributed by atoms with Gasteiger partial charge in [-0.25, -0.2) is 4.98 Å². The molecule has 0 saturated carbocycles. The summed E-state index contributed by atoms with van der Waals surface area (Å²) in [4.78, 5) is 16.1. The topological polar surface area (TPSA) is 63.2 Å². The molecule has 2 aromatic rings. The smallest absolute Gasteiger partial charge is 0.227 e. The van der Waals surface area contributed by atoms with E-state index in [9.17, 15) is 4.79 Å². The van der Waals surface area contributed by atoms with Gasteiger partial charge >= 0.3 is 0 Å². The SMILES string of the molecule is CNCCC(=O)Nc1nc(-c2ccccc2OC)cs1. The molecule has 0 radical (unpaired) electrons. The Kier molecular flexibility index (Phi) is 5.09. The van der Waals surface area contributed by atoms with E-state index in [1.54, 1.807) is 7.11 Å². The van der Waals surface area contributed by atoms with Crippen LogP contribution in [0.4, 0.5) is 5.13 Å². The second-order valence-corrected chi connectivity index (χ2v) is 5.00. The van der Waals surface area contributed by atoms with Crippen molar-refractivity contribution in [1.82, 2.24) is 10.3 Å². The lowest BCUT2D eigenvalue weighted by Crippen LogP contribution is -2.18. The van der Waals surface area contributed by atoms with Crippen molar-refractivity contribution in [2.45, 2.75) is 6.42 Å². The van der Waals surface area contributed by atoms with E-state index >= 15 is 0 Å². The molecule has 0 aliphatic carbocycles. The summed E-state index contributed by atoms with van der Waals surface area (Å²) >= 11 is 1.41. The molecule has 2 rings (SSSR count). The van der Waals surface area contributed by atoms with E-state index < -0.39 is 0 Å². The first-order valence-electron chi connectivity index (χ1n) is 6.28. The van der Waals surface area contributed by atoms with E-state index in [1.165, 1.54) is 11.3 Å². The third kappa shape index (κ3) is 3.55. The van der Waals surface area contributed by atoms with Crippen molar-refractivity contribution >= 4 is 22.4 Å². The molecule has 0 bridgehead atoms. The molecule has 1 amide bonds. The summed E-state index contributed by atoms with van der Waals surface area (Å²) in [5.74, 6) is 0.728. The molecule has 0 spiro atoms. The molecule has 106 valence electrons. The van der Waals surface area contributed by atoms with Crippen LogP contribution in [0.2, 0.25) is 0 Å². The number of para-hydroxylation sites is 1. The van der Waals surface area contributed by atoms with Crippen LogP contribution in [0.25, 0.3) is 11.3 Å². The van der Waals surface area contributed by atoms with Gasteiger partial charge in [0.15, 0.2) is 5.13 Å². The Morgan fingerprint density at radius 2 is 2.20 bits per heavy atom. The molecule has 1 aromatic heterocycles. The normalized spacial score (nSPS) is 10.3. The number of hydrogen-bond donors (Lipinski definition) is 2. The highest BCUT2D eigenvalue weighted by Crippen LogP contribution is 2.31. The minimum Gasteiger partial charge on any atom is -0.496 e. The maximum Gasteiger partial charge on any atom is 0.227 e. The number of aromatic nitrogens is 1. The highest BCUT2D eigenvalue weighted by molar-refractivity contribution is 7.14. The van der Waals surface area contributed by atoms with E-state index in [1.807, 2.05) is 36.7 Å². The van der Waals surface area contributed by atoms with Crippen LogP contribution >= 0.6 is 11.3 Å². The first-order valence-corrected chi connectivity index (χ1v) is 7.16. The van der Waals surface area contributed by atoms with Crippen LogP contribution in [-0.2, 0) is 4.79 Å². The molecular formula is C14H17N3O2S. The molecule has 20 heavy (non-hydrogen) atoms. The van der Waals surface area contributed by atoms with E-state index in [4.69, 9.17) is 4.74 Å². The van der Waals surface area contributed by atoms with Crippen molar-refractivity contribution in [1.29, 1.82) is 0 Å². The van der Waals surface area contributed by atoms with E-state index in [2.05, 4.69) is 15.6 Å². The molecule has 1 aromatic carbocycles. The molecule has 6 heteroatoms. The fourth-order valence-corrected chi connectivity index (χ4v) is 2.46. The quantitative estimate of drug-likeness (QED) is 0.857. The third-order valence-electron chi connectivity index (χ3n) is 2.74. The zero-order chi connectivity index (χ0) is 14.4. The van der Waals surface area contributed by atoms with Crippen molar-refractivity contribution in [3.63, 3.8) is 0 Å². The number of amides is 1. The van der Waals surface area contributed by atoms with Crippen molar-refractivity contribution in [3.05, 3.63) is 29.6 Å². The van der Waals surface area contributed by atoms with Crippen molar-refractivity contribution in [3.8, 4) is 17.0 Å². The van der Waals surface area contributed by atoms with Crippen LogP contribution < -0.4 is 15.4 Å². The van der Waals surface area contributed by atoms with Gasteiger partial charge in [-0.2, -0.15) is 0 Å². The maximum absolute atomic E-state index is 11.6. The van der Waals surface area contributed by atoms with Gasteiger partial charge in [-0.05, 0) is 19.2 Å². The summed E-state index contributed by atoms with van der Waals surface area (Å²) in [7, 11) is 3.45. The van der Waals surface area contributed by atoms with Gasteiger partial charge < -0.3 is 15.4 Å². The number of thiazole rings is 1. The Morgan fingerprint density at radius 3 is 2.95 bits per heavy atom. The van der Waals surface area contributed by atoms with E-state index in [0.29, 0.717) is 18.1 Å². The van der Waals surface area contributed by atoms with E-state index in [-0.39, 0.29) is 5.91 Å². The predicted molar refractivity (Wildman–Crippen MR) is 81.3 cm³/mol. The minimum absolute atomic E-state index is 0.0414. The van der Waals surface area contributed by atoms with Crippen LogP contribution in [0.15, 0.2) is 29.6 Å². The number of methoxy groups -OCH3 is 1. The molecule has 0 saturated heterocycles. The molecule has 1 heterocycles. The van der Waals surface area contributed by atoms with Gasteiger partial charge in [-0.15, -0.1) is 11.3 Å². The second kappa shape index (κ2) is 7.02. The molecule has 5 nitrogen and oxygen atoms in total. The number of nitrogens with one attached hydrogen (secondary N) is 2. The Labute approximate surface area is 122 Å². The summed E-state index contributed by atoms with van der Waals surface area (Å²) in [6, 6.07) is 7.68. The number of anilines is 1. The highest BCUT2D eigenvalue weighted by atomic mass is 32.1. The number of nitrogens with zero attached hydrogens (tertiary/aromatic N) is 1. The van der Waals surface area contributed by atoms with Gasteiger partial charge in [0, 0.05) is 23.9 Å². The van der Waals surface area contributed by atoms with Gasteiger partial charge in [0.1, 0.15) is 5.75 Å². The summed E-state index contributed by atoms with van der Waals surface area (Å²) in [6.45, 7) is 0.649. The van der Waals surface area contributed by atoms with Crippen molar-refractivity contribution in [2.75, 3.05) is 26.0 Å². The summed E-state index contributed by atoms with van der Waals surface area (Å²) in [5, 5.41) is 8.24. The molecule has 0 aliphatic rings. The first-order chi connectivity index (χ1) is 9.74. The fourth-order valence-electron chi connectivity index (χ4n) is 1.73. The van der Waals surface area contributed by atoms with Crippen molar-refractivity contribution in [2.24, 2.45) is 0 Å². The van der Waals surface area contributed by atoms with Gasteiger partial charge in [0.2, 0.25) is 5.91 Å². The second-order valence-electron chi connectivity index (χ2n) is 4.14. The lowest BCUT2D eigenvalue weighted by atomic mass is 10.1. The standard InChI is InChI=1S/C14H17N3O2S/c1-15-8-7-13(18)17-14-16-11(9-20-14)10-5-3-4-6-12(10)19-2/h3-6,9,15H,7-8H2,1-2H3,(H,16,17,18). The number of rotatable bonds is 6. The number of benzene rings is 1. The molecule has 2 N–H and O–H groups in total. The van der Waals surface area contributed by atoms with Crippen LogP contribution in [0.1, 0.15) is 6.42 Å². The predicted octanol–water partition coefficient (Wildman–Crippen LogP) is 2.37. The van der Waals surface area contributed by atoms with Crippen LogP contribution in [0, 0.1) is 0 Å². The van der Waals surface area contributed by atoms with Crippen LogP contribution in [0.3, 0.4) is 0 Å². The highest BCUT2D eigenvalue weighted by Gasteiger charge is 2.10. The zero-order valence-electron chi connectivity index (χ0n) is 11.5. The number of hydrogen-bond acceptors (Lipinski definition) is 5. The molecule has 0 unspecified atom stereocenters. The number of carbonyl (C=O) groups is 1. The zero-order valence-corrected chi connectivity index (χ0v) is 12.3. The van der Waals surface area contributed by atoms with Crippen LogP contribution in [0.5, 0.6) is 5.75 Å². The maximum atomic E-state index is 11.6. The fraction of sp³-hybridized carbons (Fsp3) is 0.286. The van der Waals surface area contributed by atoms with E-state index in [0.717, 1.165) is 17.0 Å². The first kappa shape index (κ1) is 14.5. The average Bonchev–Trinajstić information content (AvgIpc) is 2.93. The molecule has 0 atom stereocenters. The number of carbonyl (C=O) groups excluding carboxylic acids is 1. The van der Waals surface area contributed by atoms with Gasteiger partial charge in [0.05, 0.1) is 12.8 Å². The summed E-state index contributed by atoms with van der Waals surface area (Å²) < 4.78 is 5.31. The van der Waals surface area contributed by atoms with Gasteiger partial charge in [0.25, 0.3) is 0 Å². The monoisotopic (exact) mass is 291 g/mol. The van der Waals surface area contributed by atoms with Crippen LogP contribution in [-0.4, -0.2) is 31.6 Å². The van der Waals surface area contributed by atoms with Gasteiger partial charge in [-0.3, -0.25) is 4.79 Å². The average molecular weight is 291 g/mol. The van der Waals surface area contributed by atoms with Crippen molar-refractivity contribution < 1.29 is 9.53 Å². The number of ether oxygens (including phenoxy) is 1. The minimum atomic E-state index is -0.0414. The Balaban J connectivity index is 2.10. The van der Waals surface area contributed by atoms with Gasteiger partial charge in [-0.1, -0.05) is 12.1 Å². The lowest BCUT2D eigenvalue weighted by Gasteiger charge is -2.05.